The van der Waals surface area contributed by atoms with Crippen LogP contribution in [0.1, 0.15) is 19.3 Å². The van der Waals surface area contributed by atoms with Gasteiger partial charge in [-0.1, -0.05) is 6.42 Å². The van der Waals surface area contributed by atoms with Crippen LogP contribution in [-0.2, 0) is 10.8 Å². The van der Waals surface area contributed by atoms with Crippen molar-refractivity contribution in [3.63, 3.8) is 0 Å². The number of thioether (sulfide) groups is 1. The molecule has 22 heavy (non-hydrogen) atoms. The van der Waals surface area contributed by atoms with Crippen LogP contribution in [0.2, 0.25) is 0 Å². The minimum atomic E-state index is -1.37. The maximum atomic E-state index is 13.8. The van der Waals surface area contributed by atoms with Gasteiger partial charge in [0.05, 0.1) is 15.7 Å². The van der Waals surface area contributed by atoms with Gasteiger partial charge in [-0.3, -0.25) is 4.21 Å². The molecule has 122 valence electrons. The summed E-state index contributed by atoms with van der Waals surface area (Å²) < 4.78 is 25.1. The van der Waals surface area contributed by atoms with E-state index in [2.05, 4.69) is 11.6 Å². The second-order valence-electron chi connectivity index (χ2n) is 5.33. The zero-order valence-corrected chi connectivity index (χ0v) is 14.4. The Morgan fingerprint density at radius 1 is 1.45 bits per heavy atom. The van der Waals surface area contributed by atoms with Gasteiger partial charge in [-0.05, 0) is 37.3 Å². The largest absolute Gasteiger partial charge is 0.323 e. The molecule has 0 saturated carbocycles. The van der Waals surface area contributed by atoms with Crippen LogP contribution in [0.15, 0.2) is 23.1 Å². The molecule has 0 radical (unpaired) electrons. The molecule has 1 aromatic rings. The lowest BCUT2D eigenvalue weighted by atomic mass is 10.2. The van der Waals surface area contributed by atoms with Crippen LogP contribution >= 0.6 is 11.8 Å². The summed E-state index contributed by atoms with van der Waals surface area (Å²) in [5, 5.41) is 3.18. The molecule has 1 aliphatic heterocycles. The number of rotatable bonds is 3. The SMILES string of the molecule is CSC1CCCCN(C(=O)Nc2ccc(S(C)=O)c(F)c2)C1. The number of hydrogen-bond acceptors (Lipinski definition) is 3. The van der Waals surface area contributed by atoms with Crippen molar-refractivity contribution >= 4 is 34.3 Å². The van der Waals surface area contributed by atoms with E-state index in [0.717, 1.165) is 25.8 Å². The smallest absolute Gasteiger partial charge is 0.321 e. The second-order valence-corrected chi connectivity index (χ2v) is 7.82. The van der Waals surface area contributed by atoms with E-state index < -0.39 is 16.6 Å². The first-order chi connectivity index (χ1) is 10.5. The highest BCUT2D eigenvalue weighted by molar-refractivity contribution is 7.99. The summed E-state index contributed by atoms with van der Waals surface area (Å²) in [6.07, 6.45) is 6.73. The maximum Gasteiger partial charge on any atom is 0.321 e. The fourth-order valence-corrected chi connectivity index (χ4v) is 3.82. The number of benzene rings is 1. The number of nitrogens with zero attached hydrogens (tertiary/aromatic N) is 1. The summed E-state index contributed by atoms with van der Waals surface area (Å²) in [7, 11) is -1.37. The first-order valence-electron chi connectivity index (χ1n) is 7.23. The monoisotopic (exact) mass is 344 g/mol. The zero-order chi connectivity index (χ0) is 16.1. The van der Waals surface area contributed by atoms with Crippen molar-refractivity contribution < 1.29 is 13.4 Å². The normalized spacial score (nSPS) is 20.3. The van der Waals surface area contributed by atoms with Gasteiger partial charge in [0, 0.05) is 30.3 Å². The van der Waals surface area contributed by atoms with Crippen LogP contribution in [0.3, 0.4) is 0 Å². The van der Waals surface area contributed by atoms with E-state index >= 15 is 0 Å². The second kappa shape index (κ2) is 7.97. The van der Waals surface area contributed by atoms with Gasteiger partial charge in [0.1, 0.15) is 5.82 Å². The van der Waals surface area contributed by atoms with Crippen molar-refractivity contribution in [2.75, 3.05) is 30.9 Å². The van der Waals surface area contributed by atoms with Gasteiger partial charge < -0.3 is 10.2 Å². The minimum absolute atomic E-state index is 0.148. The molecule has 2 rings (SSSR count). The summed E-state index contributed by atoms with van der Waals surface area (Å²) in [5.41, 5.74) is 0.390. The molecule has 1 saturated heterocycles. The molecule has 2 atom stereocenters. The van der Waals surface area contributed by atoms with Gasteiger partial charge in [-0.15, -0.1) is 0 Å². The Kier molecular flexibility index (Phi) is 6.26. The van der Waals surface area contributed by atoms with Gasteiger partial charge in [0.15, 0.2) is 0 Å². The molecule has 2 amide bonds. The lowest BCUT2D eigenvalue weighted by molar-refractivity contribution is 0.214. The lowest BCUT2D eigenvalue weighted by Crippen LogP contribution is -2.38. The minimum Gasteiger partial charge on any atom is -0.323 e. The molecule has 1 aromatic carbocycles. The number of hydrogen-bond donors (Lipinski definition) is 1. The first kappa shape index (κ1) is 17.3. The Bertz CT molecular complexity index is 568. The van der Waals surface area contributed by atoms with Crippen LogP contribution in [0.4, 0.5) is 14.9 Å². The molecule has 1 fully saturated rings. The lowest BCUT2D eigenvalue weighted by Gasteiger charge is -2.24. The predicted octanol–water partition coefficient (Wildman–Crippen LogP) is 3.31. The number of halogens is 1. The molecule has 1 aliphatic rings. The van der Waals surface area contributed by atoms with E-state index in [1.807, 2.05) is 0 Å². The van der Waals surface area contributed by atoms with Crippen molar-refractivity contribution in [1.82, 2.24) is 4.90 Å². The van der Waals surface area contributed by atoms with Gasteiger partial charge >= 0.3 is 6.03 Å². The number of urea groups is 1. The van der Waals surface area contributed by atoms with E-state index in [9.17, 15) is 13.4 Å². The van der Waals surface area contributed by atoms with Crippen LogP contribution in [-0.4, -0.2) is 46.0 Å². The van der Waals surface area contributed by atoms with Gasteiger partial charge in [0.2, 0.25) is 0 Å². The molecule has 4 nitrogen and oxygen atoms in total. The fourth-order valence-electron chi connectivity index (χ4n) is 2.49. The quantitative estimate of drug-likeness (QED) is 0.915. The predicted molar refractivity (Wildman–Crippen MR) is 90.5 cm³/mol. The Morgan fingerprint density at radius 2 is 2.23 bits per heavy atom. The van der Waals surface area contributed by atoms with Gasteiger partial charge in [-0.25, -0.2) is 9.18 Å². The summed E-state index contributed by atoms with van der Waals surface area (Å²) in [4.78, 5) is 14.3. The topological polar surface area (TPSA) is 49.4 Å². The number of amides is 2. The van der Waals surface area contributed by atoms with Crippen LogP contribution in [0, 0.1) is 5.82 Å². The third kappa shape index (κ3) is 4.46. The molecule has 7 heteroatoms. The highest BCUT2D eigenvalue weighted by Crippen LogP contribution is 2.21. The highest BCUT2D eigenvalue weighted by atomic mass is 32.2. The Morgan fingerprint density at radius 3 is 2.86 bits per heavy atom. The van der Waals surface area contributed by atoms with Gasteiger partial charge in [0.25, 0.3) is 0 Å². The van der Waals surface area contributed by atoms with Crippen molar-refractivity contribution in [1.29, 1.82) is 0 Å². The maximum absolute atomic E-state index is 13.8. The Hall–Kier alpha value is -1.08. The van der Waals surface area contributed by atoms with Crippen LogP contribution in [0.5, 0.6) is 0 Å². The van der Waals surface area contributed by atoms with E-state index in [4.69, 9.17) is 0 Å². The number of carbonyl (C=O) groups excluding carboxylic acids is 1. The Labute approximate surface area is 137 Å². The number of carbonyl (C=O) groups is 1. The van der Waals surface area contributed by atoms with Gasteiger partial charge in [-0.2, -0.15) is 11.8 Å². The van der Waals surface area contributed by atoms with E-state index in [-0.39, 0.29) is 10.9 Å². The highest BCUT2D eigenvalue weighted by Gasteiger charge is 2.21. The average Bonchev–Trinajstić information content (AvgIpc) is 2.72. The standard InChI is InChI=1S/C15H21FN2O2S2/c1-21-12-5-3-4-8-18(10-12)15(19)17-11-6-7-14(22(2)20)13(16)9-11/h6-7,9,12H,3-5,8,10H2,1-2H3,(H,17,19). The van der Waals surface area contributed by atoms with Crippen molar-refractivity contribution in [2.45, 2.75) is 29.4 Å². The molecule has 0 aliphatic carbocycles. The number of likely N-dealkylation sites (tertiary alicyclic amines) is 1. The molecular formula is C15H21FN2O2S2. The van der Waals surface area contributed by atoms with Crippen molar-refractivity contribution in [2.24, 2.45) is 0 Å². The number of nitrogens with one attached hydrogen (secondary N) is 1. The molecule has 0 aromatic heterocycles. The molecule has 1 N–H and O–H groups in total. The zero-order valence-electron chi connectivity index (χ0n) is 12.8. The summed E-state index contributed by atoms with van der Waals surface area (Å²) in [6.45, 7) is 1.44. The van der Waals surface area contributed by atoms with Crippen LogP contribution < -0.4 is 5.32 Å². The third-order valence-electron chi connectivity index (χ3n) is 3.74. The third-order valence-corrected chi connectivity index (χ3v) is 5.74. The first-order valence-corrected chi connectivity index (χ1v) is 10.1. The summed E-state index contributed by atoms with van der Waals surface area (Å²) in [5.74, 6) is -0.559. The molecule has 1 heterocycles. The van der Waals surface area contributed by atoms with Crippen molar-refractivity contribution in [3.05, 3.63) is 24.0 Å². The summed E-state index contributed by atoms with van der Waals surface area (Å²) in [6, 6.07) is 4.06. The molecular weight excluding hydrogens is 323 g/mol. The van der Waals surface area contributed by atoms with E-state index in [1.54, 1.807) is 22.7 Å². The number of anilines is 1. The summed E-state index contributed by atoms with van der Waals surface area (Å²) >= 11 is 1.78. The Balaban J connectivity index is 2.04. The van der Waals surface area contributed by atoms with Crippen molar-refractivity contribution in [3.8, 4) is 0 Å². The molecule has 0 spiro atoms. The fraction of sp³-hybridized carbons (Fsp3) is 0.533. The molecule has 2 unspecified atom stereocenters. The van der Waals surface area contributed by atoms with E-state index in [1.165, 1.54) is 18.4 Å². The van der Waals surface area contributed by atoms with E-state index in [0.29, 0.717) is 17.5 Å². The average molecular weight is 344 g/mol. The molecule has 0 bridgehead atoms. The van der Waals surface area contributed by atoms with Crippen LogP contribution in [0.25, 0.3) is 0 Å².